The first kappa shape index (κ1) is 16.5. The smallest absolute Gasteiger partial charge is 0.186 e. The fourth-order valence-electron chi connectivity index (χ4n) is 2.44. The average Bonchev–Trinajstić information content (AvgIpc) is 2.48. The summed E-state index contributed by atoms with van der Waals surface area (Å²) in [5.74, 6) is 1.57. The van der Waals surface area contributed by atoms with Crippen LogP contribution in [0.2, 0.25) is 0 Å². The van der Waals surface area contributed by atoms with E-state index in [0.717, 1.165) is 33.5 Å². The molecule has 0 bridgehead atoms. The number of carbonyl (C=O) groups is 1. The molecule has 116 valence electrons. The summed E-state index contributed by atoms with van der Waals surface area (Å²) in [6.45, 7) is 6.43. The van der Waals surface area contributed by atoms with Crippen molar-refractivity contribution in [3.63, 3.8) is 0 Å². The van der Waals surface area contributed by atoms with E-state index in [1.807, 2.05) is 57.2 Å². The highest BCUT2D eigenvalue weighted by atomic mass is 31.1. The second-order valence-electron chi connectivity index (χ2n) is 5.02. The minimum absolute atomic E-state index is 0.0499. The van der Waals surface area contributed by atoms with E-state index in [2.05, 4.69) is 0 Å². The standard InChI is InChI=1S/C18H21O3P/c1-5-21-15-8-6-7-9-16(15)22-18(19)17-12(2)10-14(20-4)11-13(17)3/h6-11,22H,5H2,1-4H3. The van der Waals surface area contributed by atoms with Crippen molar-refractivity contribution in [2.75, 3.05) is 13.7 Å². The first-order chi connectivity index (χ1) is 10.6. The summed E-state index contributed by atoms with van der Waals surface area (Å²) in [5.41, 5.74) is 2.81. The topological polar surface area (TPSA) is 35.5 Å². The van der Waals surface area contributed by atoms with Crippen molar-refractivity contribution in [2.45, 2.75) is 20.8 Å². The number of aryl methyl sites for hydroxylation is 2. The van der Waals surface area contributed by atoms with Crippen LogP contribution in [0.25, 0.3) is 0 Å². The molecule has 0 saturated carbocycles. The Balaban J connectivity index is 2.30. The van der Waals surface area contributed by atoms with Gasteiger partial charge < -0.3 is 9.47 Å². The summed E-state index contributed by atoms with van der Waals surface area (Å²) < 4.78 is 10.9. The van der Waals surface area contributed by atoms with Gasteiger partial charge >= 0.3 is 0 Å². The molecule has 0 aliphatic heterocycles. The Bertz CT molecular complexity index is 657. The number of rotatable bonds is 6. The molecule has 2 aromatic rings. The largest absolute Gasteiger partial charge is 0.497 e. The maximum Gasteiger partial charge on any atom is 0.186 e. The molecular formula is C18H21O3P. The molecule has 0 aliphatic carbocycles. The SMILES string of the molecule is CCOc1ccccc1PC(=O)c1c(C)cc(OC)cc1C. The number of hydrogen-bond acceptors (Lipinski definition) is 3. The molecule has 0 aromatic heterocycles. The van der Waals surface area contributed by atoms with E-state index in [1.54, 1.807) is 7.11 Å². The Labute approximate surface area is 133 Å². The van der Waals surface area contributed by atoms with Crippen molar-refractivity contribution in [2.24, 2.45) is 0 Å². The normalized spacial score (nSPS) is 10.9. The highest BCUT2D eigenvalue weighted by molar-refractivity contribution is 7.66. The number of para-hydroxylation sites is 1. The van der Waals surface area contributed by atoms with Crippen LogP contribution in [0, 0.1) is 13.8 Å². The van der Waals surface area contributed by atoms with Crippen molar-refractivity contribution >= 4 is 19.4 Å². The van der Waals surface area contributed by atoms with E-state index in [4.69, 9.17) is 9.47 Å². The number of hydrogen-bond donors (Lipinski definition) is 0. The van der Waals surface area contributed by atoms with Crippen LogP contribution in [0.1, 0.15) is 28.4 Å². The van der Waals surface area contributed by atoms with Crippen molar-refractivity contribution in [1.29, 1.82) is 0 Å². The molecule has 1 unspecified atom stereocenters. The predicted molar refractivity (Wildman–Crippen MR) is 92.4 cm³/mol. The van der Waals surface area contributed by atoms with E-state index in [1.165, 1.54) is 0 Å². The van der Waals surface area contributed by atoms with Crippen molar-refractivity contribution in [3.8, 4) is 11.5 Å². The summed E-state index contributed by atoms with van der Waals surface area (Å²) in [6, 6.07) is 11.5. The molecule has 2 aromatic carbocycles. The highest BCUT2D eigenvalue weighted by Gasteiger charge is 2.16. The van der Waals surface area contributed by atoms with Crippen LogP contribution in [0.3, 0.4) is 0 Å². The van der Waals surface area contributed by atoms with Crippen molar-refractivity contribution < 1.29 is 14.3 Å². The second-order valence-corrected chi connectivity index (χ2v) is 6.26. The van der Waals surface area contributed by atoms with Gasteiger partial charge in [0.15, 0.2) is 5.52 Å². The molecule has 0 aliphatic rings. The number of benzene rings is 2. The minimum atomic E-state index is 0.0499. The highest BCUT2D eigenvalue weighted by Crippen LogP contribution is 2.29. The average molecular weight is 316 g/mol. The lowest BCUT2D eigenvalue weighted by Gasteiger charge is -2.13. The zero-order valence-electron chi connectivity index (χ0n) is 13.4. The van der Waals surface area contributed by atoms with Gasteiger partial charge in [-0.25, -0.2) is 0 Å². The van der Waals surface area contributed by atoms with Crippen LogP contribution in [-0.4, -0.2) is 19.2 Å². The molecule has 1 atom stereocenters. The molecule has 0 amide bonds. The van der Waals surface area contributed by atoms with Crippen LogP contribution in [0.5, 0.6) is 11.5 Å². The second kappa shape index (κ2) is 7.42. The van der Waals surface area contributed by atoms with E-state index in [0.29, 0.717) is 6.61 Å². The van der Waals surface area contributed by atoms with E-state index < -0.39 is 0 Å². The molecule has 22 heavy (non-hydrogen) atoms. The van der Waals surface area contributed by atoms with E-state index in [9.17, 15) is 4.79 Å². The third-order valence-corrected chi connectivity index (χ3v) is 4.56. The number of carbonyl (C=O) groups excluding carboxylic acids is 1. The Hall–Kier alpha value is -1.86. The van der Waals surface area contributed by atoms with E-state index >= 15 is 0 Å². The maximum atomic E-state index is 12.7. The first-order valence-electron chi connectivity index (χ1n) is 7.25. The third-order valence-electron chi connectivity index (χ3n) is 3.40. The van der Waals surface area contributed by atoms with Crippen LogP contribution in [0.4, 0.5) is 0 Å². The van der Waals surface area contributed by atoms with Crippen molar-refractivity contribution in [1.82, 2.24) is 0 Å². The van der Waals surface area contributed by atoms with Gasteiger partial charge in [0.25, 0.3) is 0 Å². The van der Waals surface area contributed by atoms with Gasteiger partial charge in [0.05, 0.1) is 13.7 Å². The fraction of sp³-hybridized carbons (Fsp3) is 0.278. The van der Waals surface area contributed by atoms with Gasteiger partial charge in [-0.1, -0.05) is 18.2 Å². The van der Waals surface area contributed by atoms with Gasteiger partial charge in [0.1, 0.15) is 11.5 Å². The van der Waals surface area contributed by atoms with E-state index in [-0.39, 0.29) is 14.1 Å². The molecule has 3 nitrogen and oxygen atoms in total. The summed E-state index contributed by atoms with van der Waals surface area (Å²) in [5, 5.41) is 0.948. The summed E-state index contributed by atoms with van der Waals surface area (Å²) in [7, 11) is 1.68. The van der Waals surface area contributed by atoms with Gasteiger partial charge in [-0.3, -0.25) is 4.79 Å². The molecule has 0 fully saturated rings. The predicted octanol–water partition coefficient (Wildman–Crippen LogP) is 3.85. The zero-order valence-corrected chi connectivity index (χ0v) is 14.4. The molecular weight excluding hydrogens is 295 g/mol. The summed E-state index contributed by atoms with van der Waals surface area (Å²) in [4.78, 5) is 12.7. The Morgan fingerprint density at radius 1 is 1.14 bits per heavy atom. The van der Waals surface area contributed by atoms with Gasteiger partial charge in [-0.05, 0) is 58.7 Å². The van der Waals surface area contributed by atoms with Gasteiger partial charge in [-0.15, -0.1) is 0 Å². The molecule has 0 spiro atoms. The lowest BCUT2D eigenvalue weighted by atomic mass is 10.0. The molecule has 0 radical (unpaired) electrons. The molecule has 0 N–H and O–H groups in total. The molecule has 2 rings (SSSR count). The number of ether oxygens (including phenoxy) is 2. The zero-order chi connectivity index (χ0) is 16.1. The van der Waals surface area contributed by atoms with Crippen LogP contribution >= 0.6 is 8.58 Å². The Morgan fingerprint density at radius 2 is 1.77 bits per heavy atom. The summed E-state index contributed by atoms with van der Waals surface area (Å²) in [6.07, 6.45) is 0. The van der Waals surface area contributed by atoms with Gasteiger partial charge in [0, 0.05) is 10.9 Å². The van der Waals surface area contributed by atoms with Crippen LogP contribution in [-0.2, 0) is 0 Å². The van der Waals surface area contributed by atoms with Gasteiger partial charge in [0.2, 0.25) is 0 Å². The van der Waals surface area contributed by atoms with Crippen LogP contribution < -0.4 is 14.8 Å². The first-order valence-corrected chi connectivity index (χ1v) is 8.25. The maximum absolute atomic E-state index is 12.7. The Kier molecular flexibility index (Phi) is 5.57. The fourth-order valence-corrected chi connectivity index (χ4v) is 3.66. The van der Waals surface area contributed by atoms with Gasteiger partial charge in [-0.2, -0.15) is 0 Å². The lowest BCUT2D eigenvalue weighted by molar-refractivity contribution is 0.108. The molecule has 4 heteroatoms. The molecule has 0 heterocycles. The Morgan fingerprint density at radius 3 is 2.36 bits per heavy atom. The lowest BCUT2D eigenvalue weighted by Crippen LogP contribution is -2.08. The molecule has 0 saturated heterocycles. The minimum Gasteiger partial charge on any atom is -0.497 e. The monoisotopic (exact) mass is 316 g/mol. The third kappa shape index (κ3) is 3.66. The van der Waals surface area contributed by atoms with Crippen LogP contribution in [0.15, 0.2) is 36.4 Å². The quantitative estimate of drug-likeness (QED) is 0.759. The summed E-state index contributed by atoms with van der Waals surface area (Å²) >= 11 is 0. The van der Waals surface area contributed by atoms with Crippen molar-refractivity contribution in [3.05, 3.63) is 53.1 Å². The number of methoxy groups -OCH3 is 1.